The number of carbonyl (C=O) groups is 3. The van der Waals surface area contributed by atoms with Crippen molar-refractivity contribution >= 4 is 45.8 Å². The Kier molecular flexibility index (Phi) is 10.1. The van der Waals surface area contributed by atoms with Crippen LogP contribution in [0.25, 0.3) is 0 Å². The topological polar surface area (TPSA) is 84.9 Å². The van der Waals surface area contributed by atoms with E-state index in [0.29, 0.717) is 30.9 Å². The van der Waals surface area contributed by atoms with E-state index in [1.165, 1.54) is 5.56 Å². The number of ketones is 2. The van der Waals surface area contributed by atoms with Gasteiger partial charge in [-0.3, -0.25) is 14.4 Å². The molecule has 7 nitrogen and oxygen atoms in total. The van der Waals surface area contributed by atoms with Crippen LogP contribution < -0.4 is 14.8 Å². The van der Waals surface area contributed by atoms with Crippen LogP contribution in [0.3, 0.4) is 0 Å². The van der Waals surface area contributed by atoms with Crippen molar-refractivity contribution in [3.8, 4) is 11.5 Å². The number of nitrogens with zero attached hydrogens (tertiary/aromatic N) is 1. The molecule has 6 rings (SSSR count). The third kappa shape index (κ3) is 7.27. The van der Waals surface area contributed by atoms with Crippen molar-refractivity contribution in [2.75, 3.05) is 25.6 Å². The van der Waals surface area contributed by atoms with Crippen LogP contribution in [-0.4, -0.2) is 42.6 Å². The lowest BCUT2D eigenvalue weighted by Crippen LogP contribution is -2.45. The third-order valence-corrected chi connectivity index (χ3v) is 11.1. The molecule has 1 amide bonds. The summed E-state index contributed by atoms with van der Waals surface area (Å²) in [5.41, 5.74) is 8.00. The minimum atomic E-state index is -0.510. The van der Waals surface area contributed by atoms with E-state index in [1.54, 1.807) is 7.11 Å². The molecule has 0 aromatic heterocycles. The lowest BCUT2D eigenvalue weighted by Gasteiger charge is -2.49. The second kappa shape index (κ2) is 14.0. The van der Waals surface area contributed by atoms with Crippen molar-refractivity contribution in [1.82, 2.24) is 4.90 Å². The lowest BCUT2D eigenvalue weighted by atomic mass is 9.63. The highest BCUT2D eigenvalue weighted by Crippen LogP contribution is 2.55. The van der Waals surface area contributed by atoms with E-state index in [2.05, 4.69) is 84.8 Å². The minimum absolute atomic E-state index is 0.0903. The number of anilines is 1. The molecule has 0 saturated carbocycles. The van der Waals surface area contributed by atoms with E-state index >= 15 is 0 Å². The number of hydrogen-bond acceptors (Lipinski definition) is 6. The summed E-state index contributed by atoms with van der Waals surface area (Å²) in [7, 11) is 1.57. The maximum atomic E-state index is 14.3. The van der Waals surface area contributed by atoms with Crippen LogP contribution in [0.4, 0.5) is 5.69 Å². The zero-order valence-corrected chi connectivity index (χ0v) is 32.3. The standard InChI is InChI=1S/C42H47IN2O5/c1-25-12-11-15-30(26(25)2)44-36(48)24-50-40-29(43)18-28(19-35(40)49-7)37-38-31(20-41(3,4)22-33(38)46)45(17-16-27-13-9-8-10-14-27)32-21-42(5,6)23-34(47)39(32)37/h8-15,18-19,37H,16-17,20-24H2,1-7H3,(H,44,48). The van der Waals surface area contributed by atoms with Crippen molar-refractivity contribution in [3.05, 3.63) is 109 Å². The molecule has 3 aromatic rings. The smallest absolute Gasteiger partial charge is 0.262 e. The number of amides is 1. The maximum absolute atomic E-state index is 14.3. The Hall–Kier alpha value is -3.92. The van der Waals surface area contributed by atoms with Gasteiger partial charge in [-0.2, -0.15) is 0 Å². The average molecular weight is 787 g/mol. The van der Waals surface area contributed by atoms with E-state index in [-0.39, 0.29) is 34.9 Å². The number of benzene rings is 3. The number of methoxy groups -OCH3 is 1. The zero-order valence-electron chi connectivity index (χ0n) is 30.2. The number of Topliss-reactive ketones (excluding diaryl/α,β-unsaturated/α-hetero) is 2. The molecule has 0 unspecified atom stereocenters. The monoisotopic (exact) mass is 786 g/mol. The molecule has 0 radical (unpaired) electrons. The first-order valence-electron chi connectivity index (χ1n) is 17.4. The molecule has 0 saturated heterocycles. The normalized spacial score (nSPS) is 18.5. The van der Waals surface area contributed by atoms with E-state index < -0.39 is 5.92 Å². The zero-order chi connectivity index (χ0) is 36.0. The van der Waals surface area contributed by atoms with Crippen molar-refractivity contribution in [1.29, 1.82) is 0 Å². The highest BCUT2D eigenvalue weighted by atomic mass is 127. The predicted molar refractivity (Wildman–Crippen MR) is 205 cm³/mol. The average Bonchev–Trinajstić information content (AvgIpc) is 3.04. The molecular formula is C42H47IN2O5. The molecule has 0 fully saturated rings. The Morgan fingerprint density at radius 3 is 2.10 bits per heavy atom. The molecule has 3 aliphatic rings. The molecule has 3 aromatic carbocycles. The number of aryl methyl sites for hydroxylation is 1. The van der Waals surface area contributed by atoms with Gasteiger partial charge in [0, 0.05) is 53.5 Å². The van der Waals surface area contributed by atoms with Crippen LogP contribution in [0.15, 0.2) is 83.2 Å². The Morgan fingerprint density at radius 1 is 0.880 bits per heavy atom. The van der Waals surface area contributed by atoms with E-state index in [0.717, 1.165) is 67.8 Å². The molecule has 262 valence electrons. The molecule has 0 atom stereocenters. The van der Waals surface area contributed by atoms with Crippen LogP contribution in [-0.2, 0) is 20.8 Å². The van der Waals surface area contributed by atoms with Gasteiger partial charge in [-0.25, -0.2) is 0 Å². The van der Waals surface area contributed by atoms with Gasteiger partial charge in [0.1, 0.15) is 0 Å². The number of rotatable bonds is 9. The fraction of sp³-hybridized carbons (Fsp3) is 0.405. The fourth-order valence-corrected chi connectivity index (χ4v) is 8.57. The summed E-state index contributed by atoms with van der Waals surface area (Å²) in [6.07, 6.45) is 3.13. The highest BCUT2D eigenvalue weighted by Gasteiger charge is 2.49. The second-order valence-corrected chi connectivity index (χ2v) is 16.7. The second-order valence-electron chi connectivity index (χ2n) is 15.5. The van der Waals surface area contributed by atoms with Crippen LogP contribution in [0.2, 0.25) is 0 Å². The van der Waals surface area contributed by atoms with Gasteiger partial charge < -0.3 is 19.7 Å². The fourth-order valence-electron chi connectivity index (χ4n) is 7.79. The quantitative estimate of drug-likeness (QED) is 0.218. The molecule has 0 bridgehead atoms. The summed E-state index contributed by atoms with van der Waals surface area (Å²) >= 11 is 2.20. The number of halogens is 1. The van der Waals surface area contributed by atoms with Crippen molar-refractivity contribution in [3.63, 3.8) is 0 Å². The molecule has 1 N–H and O–H groups in total. The third-order valence-electron chi connectivity index (χ3n) is 10.3. The first kappa shape index (κ1) is 35.9. The van der Waals surface area contributed by atoms with Gasteiger partial charge in [0.15, 0.2) is 29.7 Å². The molecular weight excluding hydrogens is 739 g/mol. The number of carbonyl (C=O) groups excluding carboxylic acids is 3. The van der Waals surface area contributed by atoms with Gasteiger partial charge >= 0.3 is 0 Å². The van der Waals surface area contributed by atoms with Crippen LogP contribution in [0.5, 0.6) is 11.5 Å². The minimum Gasteiger partial charge on any atom is -0.493 e. The van der Waals surface area contributed by atoms with Gasteiger partial charge in [0.2, 0.25) is 0 Å². The molecule has 2 aliphatic carbocycles. The Balaban J connectivity index is 1.40. The summed E-state index contributed by atoms with van der Waals surface area (Å²) in [6.45, 7) is 13.1. The maximum Gasteiger partial charge on any atom is 0.262 e. The molecule has 1 heterocycles. The summed E-state index contributed by atoms with van der Waals surface area (Å²) in [5, 5.41) is 2.95. The summed E-state index contributed by atoms with van der Waals surface area (Å²) in [5.74, 6) is 0.293. The number of ether oxygens (including phenoxy) is 2. The Labute approximate surface area is 309 Å². The molecule has 8 heteroatoms. The summed E-state index contributed by atoms with van der Waals surface area (Å²) < 4.78 is 12.7. The van der Waals surface area contributed by atoms with Gasteiger partial charge in [0.05, 0.1) is 10.7 Å². The number of hydrogen-bond donors (Lipinski definition) is 1. The van der Waals surface area contributed by atoms with E-state index in [9.17, 15) is 14.4 Å². The SMILES string of the molecule is COc1cc(C2C3=C(CC(C)(C)CC3=O)N(CCc3ccccc3)C3=C2C(=O)CC(C)(C)C3)cc(I)c1OCC(=O)Nc1cccc(C)c1C. The van der Waals surface area contributed by atoms with Crippen LogP contribution >= 0.6 is 22.6 Å². The van der Waals surface area contributed by atoms with E-state index in [4.69, 9.17) is 9.47 Å². The largest absolute Gasteiger partial charge is 0.493 e. The van der Waals surface area contributed by atoms with Gasteiger partial charge in [-0.1, -0.05) is 70.2 Å². The van der Waals surface area contributed by atoms with E-state index in [1.807, 2.05) is 50.2 Å². The lowest BCUT2D eigenvalue weighted by molar-refractivity contribution is -0.120. The van der Waals surface area contributed by atoms with Crippen LogP contribution in [0, 0.1) is 28.2 Å². The summed E-state index contributed by atoms with van der Waals surface area (Å²) in [6, 6.07) is 20.1. The Morgan fingerprint density at radius 2 is 1.50 bits per heavy atom. The Bertz CT molecular complexity index is 1870. The first-order chi connectivity index (χ1) is 23.7. The number of allylic oxidation sites excluding steroid dienone is 4. The molecule has 0 spiro atoms. The van der Waals surface area contributed by atoms with Crippen molar-refractivity contribution in [2.24, 2.45) is 10.8 Å². The molecule has 50 heavy (non-hydrogen) atoms. The predicted octanol–water partition coefficient (Wildman–Crippen LogP) is 8.86. The van der Waals surface area contributed by atoms with Gasteiger partial charge in [-0.15, -0.1) is 0 Å². The van der Waals surface area contributed by atoms with Crippen molar-refractivity contribution in [2.45, 2.75) is 79.6 Å². The van der Waals surface area contributed by atoms with Crippen molar-refractivity contribution < 1.29 is 23.9 Å². The van der Waals surface area contributed by atoms with Gasteiger partial charge in [0.25, 0.3) is 5.91 Å². The first-order valence-corrected chi connectivity index (χ1v) is 18.5. The highest BCUT2D eigenvalue weighted by molar-refractivity contribution is 14.1. The molecule has 1 aliphatic heterocycles. The summed E-state index contributed by atoms with van der Waals surface area (Å²) in [4.78, 5) is 43.9. The van der Waals surface area contributed by atoms with Crippen LogP contribution in [0.1, 0.15) is 81.5 Å². The van der Waals surface area contributed by atoms with Gasteiger partial charge in [-0.05, 0) is 107 Å². The number of nitrogens with one attached hydrogen (secondary N) is 1.